The van der Waals surface area contributed by atoms with Crippen molar-refractivity contribution in [1.82, 2.24) is 10.3 Å². The van der Waals surface area contributed by atoms with Gasteiger partial charge in [-0.05, 0) is 41.4 Å². The van der Waals surface area contributed by atoms with Gasteiger partial charge < -0.3 is 10.1 Å². The Morgan fingerprint density at radius 2 is 2.29 bits per heavy atom. The molecule has 94 valence electrons. The summed E-state index contributed by atoms with van der Waals surface area (Å²) in [7, 11) is 0. The second-order valence-electron chi connectivity index (χ2n) is 5.33. The van der Waals surface area contributed by atoms with Gasteiger partial charge in [-0.25, -0.2) is 4.98 Å². The summed E-state index contributed by atoms with van der Waals surface area (Å²) in [6.07, 6.45) is 3.07. The average molecular weight is 299 g/mol. The third-order valence-corrected chi connectivity index (χ3v) is 4.15. The van der Waals surface area contributed by atoms with Crippen LogP contribution in [0.25, 0.3) is 0 Å². The molecule has 1 aromatic rings. The lowest BCUT2D eigenvalue weighted by Crippen LogP contribution is -2.48. The van der Waals surface area contributed by atoms with E-state index in [1.165, 1.54) is 0 Å². The van der Waals surface area contributed by atoms with Crippen molar-refractivity contribution in [3.63, 3.8) is 0 Å². The molecule has 1 unspecified atom stereocenters. The number of halogens is 1. The van der Waals surface area contributed by atoms with Crippen LogP contribution in [0.2, 0.25) is 0 Å². The molecule has 1 aliphatic rings. The molecule has 1 atom stereocenters. The van der Waals surface area contributed by atoms with Gasteiger partial charge in [0.25, 0.3) is 0 Å². The molecule has 1 N–H and O–H groups in total. The van der Waals surface area contributed by atoms with Crippen LogP contribution in [0, 0.1) is 12.3 Å². The van der Waals surface area contributed by atoms with Gasteiger partial charge in [0.1, 0.15) is 6.10 Å². The number of nitrogens with zero attached hydrogens (tertiary/aromatic N) is 1. The first-order chi connectivity index (χ1) is 7.99. The molecule has 0 saturated carbocycles. The van der Waals surface area contributed by atoms with Crippen molar-refractivity contribution in [1.29, 1.82) is 0 Å². The summed E-state index contributed by atoms with van der Waals surface area (Å²) in [5, 5.41) is 3.40. The highest BCUT2D eigenvalue weighted by Gasteiger charge is 2.34. The second-order valence-corrected chi connectivity index (χ2v) is 6.19. The zero-order valence-corrected chi connectivity index (χ0v) is 12.2. The van der Waals surface area contributed by atoms with Crippen LogP contribution in [0.4, 0.5) is 0 Å². The monoisotopic (exact) mass is 298 g/mol. The van der Waals surface area contributed by atoms with Gasteiger partial charge in [-0.2, -0.15) is 0 Å². The molecule has 3 nitrogen and oxygen atoms in total. The Morgan fingerprint density at radius 1 is 1.53 bits per heavy atom. The molecule has 0 aromatic carbocycles. The lowest BCUT2D eigenvalue weighted by Gasteiger charge is -2.38. The zero-order chi connectivity index (χ0) is 12.5. The predicted octanol–water partition coefficient (Wildman–Crippen LogP) is 2.92. The molecule has 0 radical (unpaired) electrons. The molecule has 1 aliphatic heterocycles. The van der Waals surface area contributed by atoms with Gasteiger partial charge >= 0.3 is 0 Å². The van der Waals surface area contributed by atoms with Crippen LogP contribution in [-0.2, 0) is 0 Å². The molecule has 0 aliphatic carbocycles. The Bertz CT molecular complexity index is 406. The van der Waals surface area contributed by atoms with Gasteiger partial charge in [-0.3, -0.25) is 0 Å². The van der Waals surface area contributed by atoms with E-state index in [0.717, 1.165) is 35.4 Å². The highest BCUT2D eigenvalue weighted by molar-refractivity contribution is 9.10. The Kier molecular flexibility index (Phi) is 3.73. The maximum absolute atomic E-state index is 6.03. The van der Waals surface area contributed by atoms with Crippen LogP contribution in [0.15, 0.2) is 16.7 Å². The number of aryl methyl sites for hydroxylation is 1. The molecule has 2 rings (SSSR count). The molecule has 0 spiro atoms. The number of pyridine rings is 1. The minimum absolute atomic E-state index is 0.154. The fourth-order valence-corrected chi connectivity index (χ4v) is 2.31. The van der Waals surface area contributed by atoms with E-state index in [2.05, 4.69) is 40.1 Å². The van der Waals surface area contributed by atoms with Gasteiger partial charge in [0.15, 0.2) is 0 Å². The highest BCUT2D eigenvalue weighted by atomic mass is 79.9. The standard InChI is InChI=1S/C13H19BrN2O/c1-9-6-12(16-7-10(9)14)17-11-4-5-15-8-13(11,2)3/h6-7,11,15H,4-5,8H2,1-3H3. The minimum atomic E-state index is 0.154. The summed E-state index contributed by atoms with van der Waals surface area (Å²) < 4.78 is 7.06. The van der Waals surface area contributed by atoms with E-state index in [9.17, 15) is 0 Å². The molecule has 1 aromatic heterocycles. The average Bonchev–Trinajstić information content (AvgIpc) is 2.26. The lowest BCUT2D eigenvalue weighted by atomic mass is 9.82. The maximum atomic E-state index is 6.03. The number of hydrogen-bond acceptors (Lipinski definition) is 3. The van der Waals surface area contributed by atoms with Crippen molar-refractivity contribution >= 4 is 15.9 Å². The molecule has 1 fully saturated rings. The largest absolute Gasteiger partial charge is 0.474 e. The SMILES string of the molecule is Cc1cc(OC2CCNCC2(C)C)ncc1Br. The molecular weight excluding hydrogens is 280 g/mol. The summed E-state index contributed by atoms with van der Waals surface area (Å²) in [5.74, 6) is 0.727. The number of ether oxygens (including phenoxy) is 1. The molecule has 0 bridgehead atoms. The number of nitrogens with one attached hydrogen (secondary N) is 1. The first-order valence-corrected chi connectivity index (χ1v) is 6.78. The fraction of sp³-hybridized carbons (Fsp3) is 0.615. The van der Waals surface area contributed by atoms with Crippen molar-refractivity contribution in [3.8, 4) is 5.88 Å². The third-order valence-electron chi connectivity index (χ3n) is 3.32. The normalized spacial score (nSPS) is 23.4. The Hall–Kier alpha value is -0.610. The highest BCUT2D eigenvalue weighted by Crippen LogP contribution is 2.29. The molecule has 0 amide bonds. The summed E-state index contributed by atoms with van der Waals surface area (Å²) in [6.45, 7) is 8.52. The van der Waals surface area contributed by atoms with Crippen molar-refractivity contribution in [2.45, 2.75) is 33.3 Å². The topological polar surface area (TPSA) is 34.1 Å². The van der Waals surface area contributed by atoms with E-state index < -0.39 is 0 Å². The quantitative estimate of drug-likeness (QED) is 0.911. The predicted molar refractivity (Wildman–Crippen MR) is 72.4 cm³/mol. The molecular formula is C13H19BrN2O. The van der Waals surface area contributed by atoms with Gasteiger partial charge in [0.05, 0.1) is 0 Å². The molecule has 1 saturated heterocycles. The van der Waals surface area contributed by atoms with Gasteiger partial charge in [0, 0.05) is 28.7 Å². The summed E-state index contributed by atoms with van der Waals surface area (Å²) in [6, 6.07) is 1.99. The van der Waals surface area contributed by atoms with Crippen LogP contribution in [-0.4, -0.2) is 24.2 Å². The third kappa shape index (κ3) is 2.99. The van der Waals surface area contributed by atoms with Crippen molar-refractivity contribution in [3.05, 3.63) is 22.3 Å². The summed E-state index contributed by atoms with van der Waals surface area (Å²) >= 11 is 3.45. The Morgan fingerprint density at radius 3 is 2.94 bits per heavy atom. The van der Waals surface area contributed by atoms with Crippen LogP contribution in [0.5, 0.6) is 5.88 Å². The lowest BCUT2D eigenvalue weighted by molar-refractivity contribution is 0.0414. The van der Waals surface area contributed by atoms with Crippen molar-refractivity contribution in [2.75, 3.05) is 13.1 Å². The maximum Gasteiger partial charge on any atom is 0.213 e. The molecule has 2 heterocycles. The van der Waals surface area contributed by atoms with Crippen LogP contribution >= 0.6 is 15.9 Å². The van der Waals surface area contributed by atoms with E-state index in [1.807, 2.05) is 13.0 Å². The fourth-order valence-electron chi connectivity index (χ4n) is 2.09. The van der Waals surface area contributed by atoms with Crippen LogP contribution < -0.4 is 10.1 Å². The van der Waals surface area contributed by atoms with Crippen molar-refractivity contribution in [2.24, 2.45) is 5.41 Å². The zero-order valence-electron chi connectivity index (χ0n) is 10.6. The number of hydrogen-bond donors (Lipinski definition) is 1. The first kappa shape index (κ1) is 12.8. The second kappa shape index (κ2) is 4.94. The minimum Gasteiger partial charge on any atom is -0.474 e. The van der Waals surface area contributed by atoms with Gasteiger partial charge in [-0.1, -0.05) is 13.8 Å². The smallest absolute Gasteiger partial charge is 0.213 e. The van der Waals surface area contributed by atoms with Crippen LogP contribution in [0.1, 0.15) is 25.8 Å². The van der Waals surface area contributed by atoms with E-state index in [0.29, 0.717) is 0 Å². The number of rotatable bonds is 2. The first-order valence-electron chi connectivity index (χ1n) is 5.98. The number of piperidine rings is 1. The van der Waals surface area contributed by atoms with E-state index in [4.69, 9.17) is 4.74 Å². The molecule has 17 heavy (non-hydrogen) atoms. The van der Waals surface area contributed by atoms with E-state index in [-0.39, 0.29) is 11.5 Å². The van der Waals surface area contributed by atoms with Gasteiger partial charge in [0.2, 0.25) is 5.88 Å². The molecule has 4 heteroatoms. The Labute approximate surface area is 111 Å². The number of aromatic nitrogens is 1. The van der Waals surface area contributed by atoms with E-state index >= 15 is 0 Å². The Balaban J connectivity index is 2.11. The van der Waals surface area contributed by atoms with E-state index in [1.54, 1.807) is 6.20 Å². The van der Waals surface area contributed by atoms with Crippen molar-refractivity contribution < 1.29 is 4.74 Å². The van der Waals surface area contributed by atoms with Crippen LogP contribution in [0.3, 0.4) is 0 Å². The van der Waals surface area contributed by atoms with Gasteiger partial charge in [-0.15, -0.1) is 0 Å². The summed E-state index contributed by atoms with van der Waals surface area (Å²) in [5.41, 5.74) is 1.31. The summed E-state index contributed by atoms with van der Waals surface area (Å²) in [4.78, 5) is 4.31.